The van der Waals surface area contributed by atoms with Crippen molar-refractivity contribution in [3.05, 3.63) is 52.9 Å². The van der Waals surface area contributed by atoms with Gasteiger partial charge < -0.3 is 10.1 Å². The van der Waals surface area contributed by atoms with Crippen molar-refractivity contribution in [3.8, 4) is 0 Å². The van der Waals surface area contributed by atoms with E-state index in [4.69, 9.17) is 11.6 Å². The molecule has 1 aromatic heterocycles. The number of halogens is 1. The van der Waals surface area contributed by atoms with E-state index in [1.165, 1.54) is 13.3 Å². The third-order valence-corrected chi connectivity index (χ3v) is 2.62. The number of hydrogen-bond acceptors (Lipinski definition) is 5. The predicted molar refractivity (Wildman–Crippen MR) is 72.2 cm³/mol. The van der Waals surface area contributed by atoms with Gasteiger partial charge in [-0.25, -0.2) is 14.8 Å². The number of esters is 1. The third kappa shape index (κ3) is 3.66. The molecule has 0 radical (unpaired) electrons. The van der Waals surface area contributed by atoms with Crippen LogP contribution in [-0.4, -0.2) is 23.0 Å². The zero-order chi connectivity index (χ0) is 13.7. The van der Waals surface area contributed by atoms with E-state index in [9.17, 15) is 4.79 Å². The lowest BCUT2D eigenvalue weighted by Gasteiger charge is -2.06. The molecule has 0 atom stereocenters. The van der Waals surface area contributed by atoms with Gasteiger partial charge in [0, 0.05) is 17.8 Å². The highest BCUT2D eigenvalue weighted by atomic mass is 35.5. The Kier molecular flexibility index (Phi) is 4.30. The first-order valence-electron chi connectivity index (χ1n) is 5.58. The summed E-state index contributed by atoms with van der Waals surface area (Å²) in [5.41, 5.74) is 1.02. The van der Waals surface area contributed by atoms with Gasteiger partial charge in [-0.2, -0.15) is 0 Å². The molecule has 0 aliphatic carbocycles. The summed E-state index contributed by atoms with van der Waals surface area (Å²) in [6.07, 6.45) is 1.50. The number of aromatic nitrogens is 2. The first kappa shape index (κ1) is 13.3. The second-order valence-corrected chi connectivity index (χ2v) is 4.18. The van der Waals surface area contributed by atoms with Gasteiger partial charge in [0.25, 0.3) is 0 Å². The van der Waals surface area contributed by atoms with Crippen molar-refractivity contribution in [3.63, 3.8) is 0 Å². The molecule has 6 heteroatoms. The van der Waals surface area contributed by atoms with Crippen molar-refractivity contribution in [1.29, 1.82) is 0 Å². The number of benzene rings is 1. The Morgan fingerprint density at radius 3 is 3.00 bits per heavy atom. The molecular formula is C13H12ClN3O2. The second-order valence-electron chi connectivity index (χ2n) is 3.74. The molecule has 1 N–H and O–H groups in total. The average molecular weight is 278 g/mol. The molecule has 0 saturated heterocycles. The first-order chi connectivity index (χ1) is 9.19. The minimum absolute atomic E-state index is 0.0265. The molecule has 0 aliphatic heterocycles. The maximum Gasteiger partial charge on any atom is 0.376 e. The van der Waals surface area contributed by atoms with E-state index in [2.05, 4.69) is 20.0 Å². The highest BCUT2D eigenvalue weighted by Crippen LogP contribution is 2.12. The van der Waals surface area contributed by atoms with Crippen molar-refractivity contribution >= 4 is 23.4 Å². The van der Waals surface area contributed by atoms with E-state index in [0.29, 0.717) is 17.4 Å². The maximum absolute atomic E-state index is 11.3. The van der Waals surface area contributed by atoms with Crippen LogP contribution in [0.15, 0.2) is 36.5 Å². The number of ether oxygens (including phenoxy) is 1. The quantitative estimate of drug-likeness (QED) is 0.870. The molecule has 0 spiro atoms. The largest absolute Gasteiger partial charge is 0.463 e. The Labute approximate surface area is 115 Å². The molecule has 0 unspecified atom stereocenters. The Morgan fingerprint density at radius 2 is 2.26 bits per heavy atom. The molecule has 0 fully saturated rings. The van der Waals surface area contributed by atoms with Gasteiger partial charge in [0.05, 0.1) is 7.11 Å². The molecular weight excluding hydrogens is 266 g/mol. The second kappa shape index (κ2) is 6.15. The van der Waals surface area contributed by atoms with Gasteiger partial charge in [-0.1, -0.05) is 23.7 Å². The van der Waals surface area contributed by atoms with Crippen LogP contribution in [0.2, 0.25) is 5.02 Å². The molecule has 0 bridgehead atoms. The highest BCUT2D eigenvalue weighted by Gasteiger charge is 2.09. The predicted octanol–water partition coefficient (Wildman–Crippen LogP) is 2.53. The lowest BCUT2D eigenvalue weighted by molar-refractivity contribution is 0.0587. The Bertz CT molecular complexity index is 590. The number of nitrogens with zero attached hydrogens (tertiary/aromatic N) is 2. The molecule has 98 valence electrons. The zero-order valence-corrected chi connectivity index (χ0v) is 11.0. The van der Waals surface area contributed by atoms with Crippen LogP contribution in [0.4, 0.5) is 5.82 Å². The zero-order valence-electron chi connectivity index (χ0n) is 10.3. The average Bonchev–Trinajstić information content (AvgIpc) is 2.45. The molecule has 2 rings (SSSR count). The minimum atomic E-state index is -0.564. The lowest BCUT2D eigenvalue weighted by Crippen LogP contribution is -2.09. The fraction of sp³-hybridized carbons (Fsp3) is 0.154. The van der Waals surface area contributed by atoms with Gasteiger partial charge in [0.15, 0.2) is 0 Å². The van der Waals surface area contributed by atoms with Gasteiger partial charge >= 0.3 is 5.97 Å². The molecule has 1 heterocycles. The van der Waals surface area contributed by atoms with E-state index < -0.39 is 5.97 Å². The first-order valence-corrected chi connectivity index (χ1v) is 5.96. The van der Waals surface area contributed by atoms with Crippen molar-refractivity contribution in [2.24, 2.45) is 0 Å². The SMILES string of the molecule is COC(=O)c1nccc(NCc2cccc(Cl)c2)n1. The maximum atomic E-state index is 11.3. The minimum Gasteiger partial charge on any atom is -0.463 e. The number of anilines is 1. The summed E-state index contributed by atoms with van der Waals surface area (Å²) in [4.78, 5) is 19.2. The fourth-order valence-electron chi connectivity index (χ4n) is 1.49. The summed E-state index contributed by atoms with van der Waals surface area (Å²) in [5.74, 6) is 0.0142. The van der Waals surface area contributed by atoms with Gasteiger partial charge in [0.2, 0.25) is 5.82 Å². The normalized spacial score (nSPS) is 10.0. The van der Waals surface area contributed by atoms with Gasteiger partial charge in [-0.3, -0.25) is 0 Å². The van der Waals surface area contributed by atoms with E-state index in [-0.39, 0.29) is 5.82 Å². The fourth-order valence-corrected chi connectivity index (χ4v) is 1.70. The van der Waals surface area contributed by atoms with Crippen molar-refractivity contribution in [2.45, 2.75) is 6.54 Å². The van der Waals surface area contributed by atoms with Crippen LogP contribution in [0.1, 0.15) is 16.2 Å². The number of nitrogens with one attached hydrogen (secondary N) is 1. The summed E-state index contributed by atoms with van der Waals surface area (Å²) in [6, 6.07) is 9.17. The van der Waals surface area contributed by atoms with Crippen molar-refractivity contribution in [2.75, 3.05) is 12.4 Å². The van der Waals surface area contributed by atoms with E-state index >= 15 is 0 Å². The van der Waals surface area contributed by atoms with Crippen LogP contribution in [0.5, 0.6) is 0 Å². The summed E-state index contributed by atoms with van der Waals surface area (Å²) < 4.78 is 4.56. The lowest BCUT2D eigenvalue weighted by atomic mass is 10.2. The highest BCUT2D eigenvalue weighted by molar-refractivity contribution is 6.30. The van der Waals surface area contributed by atoms with Gasteiger partial charge in [-0.05, 0) is 23.8 Å². The number of carbonyl (C=O) groups excluding carboxylic acids is 1. The Morgan fingerprint density at radius 1 is 1.42 bits per heavy atom. The third-order valence-electron chi connectivity index (χ3n) is 2.39. The van der Waals surface area contributed by atoms with Crippen molar-refractivity contribution < 1.29 is 9.53 Å². The number of methoxy groups -OCH3 is 1. The molecule has 5 nitrogen and oxygen atoms in total. The van der Waals surface area contributed by atoms with Crippen LogP contribution < -0.4 is 5.32 Å². The van der Waals surface area contributed by atoms with Gasteiger partial charge in [0.1, 0.15) is 5.82 Å². The molecule has 0 amide bonds. The monoisotopic (exact) mass is 277 g/mol. The van der Waals surface area contributed by atoms with Crippen LogP contribution in [-0.2, 0) is 11.3 Å². The number of rotatable bonds is 4. The Balaban J connectivity index is 2.05. The summed E-state index contributed by atoms with van der Waals surface area (Å²) in [7, 11) is 1.29. The molecule has 0 saturated carbocycles. The number of hydrogen-bond donors (Lipinski definition) is 1. The molecule has 19 heavy (non-hydrogen) atoms. The topological polar surface area (TPSA) is 64.1 Å². The molecule has 0 aliphatic rings. The number of carbonyl (C=O) groups is 1. The van der Waals surface area contributed by atoms with E-state index in [1.54, 1.807) is 6.07 Å². The summed E-state index contributed by atoms with van der Waals surface area (Å²) in [6.45, 7) is 0.554. The van der Waals surface area contributed by atoms with Crippen LogP contribution in [0.3, 0.4) is 0 Å². The smallest absolute Gasteiger partial charge is 0.376 e. The van der Waals surface area contributed by atoms with Gasteiger partial charge in [-0.15, -0.1) is 0 Å². The summed E-state index contributed by atoms with van der Waals surface area (Å²) in [5, 5.41) is 3.77. The van der Waals surface area contributed by atoms with Crippen LogP contribution in [0, 0.1) is 0 Å². The molecule has 1 aromatic carbocycles. The van der Waals surface area contributed by atoms with E-state index in [1.807, 2.05) is 24.3 Å². The Hall–Kier alpha value is -2.14. The standard InChI is InChI=1S/C13H12ClN3O2/c1-19-13(18)12-15-6-5-11(17-12)16-8-9-3-2-4-10(14)7-9/h2-7H,8H2,1H3,(H,15,16,17). The van der Waals surface area contributed by atoms with E-state index in [0.717, 1.165) is 5.56 Å². The van der Waals surface area contributed by atoms with Crippen LogP contribution in [0.25, 0.3) is 0 Å². The van der Waals surface area contributed by atoms with Crippen molar-refractivity contribution in [1.82, 2.24) is 9.97 Å². The summed E-state index contributed by atoms with van der Waals surface area (Å²) >= 11 is 5.90. The van der Waals surface area contributed by atoms with Crippen LogP contribution >= 0.6 is 11.6 Å². The molecule has 2 aromatic rings.